The minimum Gasteiger partial charge on any atom is -0.426 e. The van der Waals surface area contributed by atoms with Gasteiger partial charge in [0.1, 0.15) is 5.75 Å². The maximum atomic E-state index is 13.0. The second-order valence-corrected chi connectivity index (χ2v) is 9.83. The van der Waals surface area contributed by atoms with Gasteiger partial charge >= 0.3 is 5.97 Å². The molecule has 6 rings (SSSR count). The number of carbonyl (C=O) groups excluding carboxylic acids is 4. The lowest BCUT2D eigenvalue weighted by Crippen LogP contribution is -2.31. The van der Waals surface area contributed by atoms with Gasteiger partial charge in [-0.25, -0.2) is 4.90 Å². The van der Waals surface area contributed by atoms with Crippen LogP contribution in [0.2, 0.25) is 0 Å². The van der Waals surface area contributed by atoms with Gasteiger partial charge in [0.2, 0.25) is 17.7 Å². The molecule has 3 aromatic carbocycles. The number of imide groups is 1. The van der Waals surface area contributed by atoms with E-state index in [-0.39, 0.29) is 48.3 Å². The quantitative estimate of drug-likeness (QED) is 0.311. The van der Waals surface area contributed by atoms with Crippen molar-refractivity contribution in [2.24, 2.45) is 17.8 Å². The van der Waals surface area contributed by atoms with Crippen molar-refractivity contribution in [3.05, 3.63) is 66.7 Å². The van der Waals surface area contributed by atoms with E-state index >= 15 is 0 Å². The van der Waals surface area contributed by atoms with E-state index in [1.807, 2.05) is 42.5 Å². The molecule has 2 aliphatic heterocycles. The highest BCUT2D eigenvalue weighted by molar-refractivity contribution is 6.22. The number of hydrogen-bond acceptors (Lipinski definition) is 5. The Kier molecular flexibility index (Phi) is 5.55. The number of anilines is 2. The van der Waals surface area contributed by atoms with Crippen molar-refractivity contribution in [3.63, 3.8) is 0 Å². The highest BCUT2D eigenvalue weighted by Gasteiger charge is 2.48. The largest absolute Gasteiger partial charge is 0.426 e. The van der Waals surface area contributed by atoms with Crippen LogP contribution in [0.15, 0.2) is 66.7 Å². The van der Waals surface area contributed by atoms with E-state index in [0.717, 1.165) is 42.1 Å². The summed E-state index contributed by atoms with van der Waals surface area (Å²) in [5.74, 6) is -1.82. The molecule has 0 bridgehead atoms. The van der Waals surface area contributed by atoms with Crippen molar-refractivity contribution in [1.82, 2.24) is 0 Å². The van der Waals surface area contributed by atoms with Crippen molar-refractivity contribution in [2.45, 2.75) is 32.1 Å². The van der Waals surface area contributed by atoms with E-state index in [0.29, 0.717) is 5.69 Å². The maximum Gasteiger partial charge on any atom is 0.316 e. The van der Waals surface area contributed by atoms with E-state index in [2.05, 4.69) is 0 Å². The predicted octanol–water partition coefficient (Wildman–Crippen LogP) is 4.48. The molecular weight excluding hydrogens is 456 g/mol. The van der Waals surface area contributed by atoms with E-state index in [4.69, 9.17) is 4.74 Å². The van der Waals surface area contributed by atoms with Gasteiger partial charge in [0.15, 0.2) is 0 Å². The lowest BCUT2D eigenvalue weighted by Gasteiger charge is -2.19. The molecule has 3 atom stereocenters. The Labute approximate surface area is 208 Å². The van der Waals surface area contributed by atoms with Crippen LogP contribution in [0.4, 0.5) is 11.4 Å². The Hall–Kier alpha value is -4.00. The van der Waals surface area contributed by atoms with Gasteiger partial charge in [0.05, 0.1) is 29.1 Å². The first-order chi connectivity index (χ1) is 17.5. The first kappa shape index (κ1) is 22.5. The minimum absolute atomic E-state index is 0.0637. The number of esters is 1. The Balaban J connectivity index is 1.18. The molecule has 0 radical (unpaired) electrons. The zero-order chi connectivity index (χ0) is 24.8. The summed E-state index contributed by atoms with van der Waals surface area (Å²) in [6, 6.07) is 20.1. The number of ether oxygens (including phenoxy) is 1. The molecule has 0 spiro atoms. The van der Waals surface area contributed by atoms with Gasteiger partial charge in [-0.1, -0.05) is 55.3 Å². The first-order valence-corrected chi connectivity index (χ1v) is 12.5. The van der Waals surface area contributed by atoms with Crippen LogP contribution in [0, 0.1) is 17.8 Å². The van der Waals surface area contributed by atoms with E-state index in [1.165, 1.54) is 4.90 Å². The van der Waals surface area contributed by atoms with Crippen LogP contribution in [0.3, 0.4) is 0 Å². The third kappa shape index (κ3) is 3.75. The molecule has 7 nitrogen and oxygen atoms in total. The van der Waals surface area contributed by atoms with Gasteiger partial charge in [-0.05, 0) is 36.4 Å². The average Bonchev–Trinajstić information content (AvgIpc) is 3.41. The van der Waals surface area contributed by atoms with Crippen LogP contribution < -0.4 is 14.5 Å². The molecule has 1 aliphatic carbocycles. The standard InChI is InChI=1S/C29H26N2O5/c32-26-15-19(17-30(26)25-14-5-8-18-7-1-2-11-22(18)25)29(35)36-21-10-6-9-20(16-21)31-27(33)23-12-3-4-13-24(23)28(31)34/h1-2,5-11,14,16,19,23-24H,3-4,12-13,15,17H2/t19-,23-,24+/m1/s1. The average molecular weight is 483 g/mol. The molecule has 1 saturated carbocycles. The second-order valence-electron chi connectivity index (χ2n) is 9.83. The Morgan fingerprint density at radius 2 is 1.53 bits per heavy atom. The number of carbonyl (C=O) groups is 4. The highest BCUT2D eigenvalue weighted by Crippen LogP contribution is 2.40. The number of benzene rings is 3. The molecule has 2 saturated heterocycles. The van der Waals surface area contributed by atoms with Gasteiger partial charge < -0.3 is 9.64 Å². The Bertz CT molecular complexity index is 1370. The summed E-state index contributed by atoms with van der Waals surface area (Å²) in [7, 11) is 0. The molecule has 182 valence electrons. The summed E-state index contributed by atoms with van der Waals surface area (Å²) in [4.78, 5) is 54.7. The van der Waals surface area contributed by atoms with Crippen LogP contribution in [0.1, 0.15) is 32.1 Å². The third-order valence-corrected chi connectivity index (χ3v) is 7.65. The number of amides is 3. The normalized spacial score (nSPS) is 23.9. The first-order valence-electron chi connectivity index (χ1n) is 12.5. The third-order valence-electron chi connectivity index (χ3n) is 7.65. The molecule has 7 heteroatoms. The predicted molar refractivity (Wildman–Crippen MR) is 134 cm³/mol. The molecule has 3 aliphatic rings. The summed E-state index contributed by atoms with van der Waals surface area (Å²) in [5, 5.41) is 1.98. The Morgan fingerprint density at radius 1 is 0.833 bits per heavy atom. The van der Waals surface area contributed by atoms with Crippen molar-refractivity contribution in [2.75, 3.05) is 16.3 Å². The molecule has 0 unspecified atom stereocenters. The van der Waals surface area contributed by atoms with E-state index < -0.39 is 11.9 Å². The number of rotatable bonds is 4. The summed E-state index contributed by atoms with van der Waals surface area (Å²) in [6.07, 6.45) is 3.46. The van der Waals surface area contributed by atoms with Gasteiger partial charge in [0, 0.05) is 24.4 Å². The number of hydrogen-bond donors (Lipinski definition) is 0. The summed E-state index contributed by atoms with van der Waals surface area (Å²) in [6.45, 7) is 0.234. The molecule has 36 heavy (non-hydrogen) atoms. The number of fused-ring (bicyclic) bond motifs is 2. The summed E-state index contributed by atoms with van der Waals surface area (Å²) >= 11 is 0. The van der Waals surface area contributed by atoms with E-state index in [1.54, 1.807) is 29.2 Å². The van der Waals surface area contributed by atoms with E-state index in [9.17, 15) is 19.2 Å². The SMILES string of the molecule is O=C(Oc1cccc(N2C(=O)[C@H]3CCCC[C@H]3C2=O)c1)[C@@H]1CC(=O)N(c2cccc3ccccc23)C1. The molecule has 2 heterocycles. The van der Waals surface area contributed by atoms with Crippen molar-refractivity contribution < 1.29 is 23.9 Å². The van der Waals surface area contributed by atoms with Crippen LogP contribution in [-0.2, 0) is 19.2 Å². The fourth-order valence-corrected chi connectivity index (χ4v) is 5.84. The molecule has 3 aromatic rings. The van der Waals surface area contributed by atoms with Crippen molar-refractivity contribution in [3.8, 4) is 5.75 Å². The van der Waals surface area contributed by atoms with Gasteiger partial charge in [-0.2, -0.15) is 0 Å². The fourth-order valence-electron chi connectivity index (χ4n) is 5.84. The van der Waals surface area contributed by atoms with Crippen LogP contribution in [-0.4, -0.2) is 30.2 Å². The second kappa shape index (κ2) is 8.90. The Morgan fingerprint density at radius 3 is 2.31 bits per heavy atom. The zero-order valence-electron chi connectivity index (χ0n) is 19.8. The molecule has 3 amide bonds. The molecular formula is C29H26N2O5. The summed E-state index contributed by atoms with van der Waals surface area (Å²) < 4.78 is 5.64. The summed E-state index contributed by atoms with van der Waals surface area (Å²) in [5.41, 5.74) is 1.20. The van der Waals surface area contributed by atoms with Crippen molar-refractivity contribution >= 4 is 45.8 Å². The monoisotopic (exact) mass is 482 g/mol. The van der Waals surface area contributed by atoms with Gasteiger partial charge in [0.25, 0.3) is 0 Å². The zero-order valence-corrected chi connectivity index (χ0v) is 19.8. The van der Waals surface area contributed by atoms with Crippen LogP contribution in [0.5, 0.6) is 5.75 Å². The lowest BCUT2D eigenvalue weighted by atomic mass is 9.81. The van der Waals surface area contributed by atoms with Crippen molar-refractivity contribution in [1.29, 1.82) is 0 Å². The van der Waals surface area contributed by atoms with Gasteiger partial charge in [-0.15, -0.1) is 0 Å². The molecule has 3 fully saturated rings. The molecule has 0 N–H and O–H groups in total. The molecule has 0 aromatic heterocycles. The fraction of sp³-hybridized carbons (Fsp3) is 0.310. The highest BCUT2D eigenvalue weighted by atomic mass is 16.5. The van der Waals surface area contributed by atoms with Gasteiger partial charge in [-0.3, -0.25) is 19.2 Å². The lowest BCUT2D eigenvalue weighted by molar-refractivity contribution is -0.139. The number of nitrogens with zero attached hydrogens (tertiary/aromatic N) is 2. The van der Waals surface area contributed by atoms with Crippen LogP contribution in [0.25, 0.3) is 10.8 Å². The smallest absolute Gasteiger partial charge is 0.316 e. The maximum absolute atomic E-state index is 13.0. The minimum atomic E-state index is -0.613. The topological polar surface area (TPSA) is 84.0 Å². The van der Waals surface area contributed by atoms with Crippen LogP contribution >= 0.6 is 0 Å².